The highest BCUT2D eigenvalue weighted by Gasteiger charge is 2.23. The van der Waals surface area contributed by atoms with Crippen LogP contribution in [-0.4, -0.2) is 53.5 Å². The van der Waals surface area contributed by atoms with E-state index in [2.05, 4.69) is 16.0 Å². The zero-order chi connectivity index (χ0) is 18.2. The molecule has 0 aliphatic carbocycles. The quantitative estimate of drug-likeness (QED) is 0.350. The van der Waals surface area contributed by atoms with Gasteiger partial charge in [-0.2, -0.15) is 0 Å². The Morgan fingerprint density at radius 1 is 0.913 bits per heavy atom. The van der Waals surface area contributed by atoms with Gasteiger partial charge < -0.3 is 26.8 Å². The lowest BCUT2D eigenvalue weighted by Crippen LogP contribution is -2.54. The molecule has 3 atom stereocenters. The summed E-state index contributed by atoms with van der Waals surface area (Å²) in [4.78, 5) is 45.7. The van der Waals surface area contributed by atoms with Crippen molar-refractivity contribution >= 4 is 23.7 Å². The topological polar surface area (TPSA) is 151 Å². The second kappa shape index (κ2) is 9.78. The van der Waals surface area contributed by atoms with Crippen molar-refractivity contribution in [3.05, 3.63) is 0 Å². The van der Waals surface area contributed by atoms with Crippen LogP contribution in [0, 0.1) is 5.92 Å². The van der Waals surface area contributed by atoms with Gasteiger partial charge in [0.25, 0.3) is 0 Å². The third kappa shape index (κ3) is 8.77. The summed E-state index contributed by atoms with van der Waals surface area (Å²) < 4.78 is 0. The first-order valence-electron chi connectivity index (χ1n) is 7.40. The van der Waals surface area contributed by atoms with Crippen LogP contribution in [0.1, 0.15) is 34.1 Å². The Labute approximate surface area is 135 Å². The van der Waals surface area contributed by atoms with E-state index < -0.39 is 48.4 Å². The summed E-state index contributed by atoms with van der Waals surface area (Å²) >= 11 is 0. The highest BCUT2D eigenvalue weighted by atomic mass is 16.4. The molecule has 0 unspecified atom stereocenters. The molecule has 0 saturated carbocycles. The highest BCUT2D eigenvalue weighted by molar-refractivity contribution is 5.93. The van der Waals surface area contributed by atoms with Crippen LogP contribution >= 0.6 is 0 Å². The van der Waals surface area contributed by atoms with Crippen molar-refractivity contribution in [2.75, 3.05) is 6.54 Å². The molecule has 0 bridgehead atoms. The van der Waals surface area contributed by atoms with Gasteiger partial charge in [0.1, 0.15) is 18.6 Å². The number of carbonyl (C=O) groups excluding carboxylic acids is 3. The number of amides is 3. The van der Waals surface area contributed by atoms with Crippen molar-refractivity contribution in [2.24, 2.45) is 11.7 Å². The Morgan fingerprint density at radius 3 is 1.87 bits per heavy atom. The van der Waals surface area contributed by atoms with Gasteiger partial charge in [-0.3, -0.25) is 19.2 Å². The highest BCUT2D eigenvalue weighted by Crippen LogP contribution is 2.02. The number of hydrogen-bond donors (Lipinski definition) is 5. The van der Waals surface area contributed by atoms with Gasteiger partial charge in [0, 0.05) is 0 Å². The molecule has 9 nitrogen and oxygen atoms in total. The average Bonchev–Trinajstić information content (AvgIpc) is 2.43. The normalized spacial score (nSPS) is 14.5. The Bertz CT molecular complexity index is 452. The number of carboxylic acid groups (broad SMARTS) is 1. The van der Waals surface area contributed by atoms with Crippen LogP contribution in [0.25, 0.3) is 0 Å². The van der Waals surface area contributed by atoms with Gasteiger partial charge >= 0.3 is 5.97 Å². The van der Waals surface area contributed by atoms with E-state index in [1.54, 1.807) is 0 Å². The molecule has 0 aliphatic heterocycles. The van der Waals surface area contributed by atoms with E-state index in [-0.39, 0.29) is 5.92 Å². The van der Waals surface area contributed by atoms with Crippen molar-refractivity contribution in [1.29, 1.82) is 0 Å². The number of hydrogen-bond acceptors (Lipinski definition) is 5. The van der Waals surface area contributed by atoms with Gasteiger partial charge in [0.15, 0.2) is 0 Å². The zero-order valence-electron chi connectivity index (χ0n) is 13.9. The summed E-state index contributed by atoms with van der Waals surface area (Å²) in [6, 6.07) is -2.50. The first-order chi connectivity index (χ1) is 10.5. The lowest BCUT2D eigenvalue weighted by atomic mass is 10.0. The van der Waals surface area contributed by atoms with E-state index in [0.717, 1.165) is 0 Å². The molecule has 0 aliphatic rings. The van der Waals surface area contributed by atoms with Crippen molar-refractivity contribution in [3.8, 4) is 0 Å². The first-order valence-corrected chi connectivity index (χ1v) is 7.40. The number of carboxylic acids is 1. The third-order valence-electron chi connectivity index (χ3n) is 2.98. The first kappa shape index (κ1) is 20.8. The molecular weight excluding hydrogens is 304 g/mol. The van der Waals surface area contributed by atoms with Crippen LogP contribution in [0.15, 0.2) is 0 Å². The number of nitrogens with two attached hydrogens (primary N) is 1. The molecule has 0 heterocycles. The van der Waals surface area contributed by atoms with E-state index in [0.29, 0.717) is 6.42 Å². The summed E-state index contributed by atoms with van der Waals surface area (Å²) in [6.45, 7) is 6.21. The van der Waals surface area contributed by atoms with Crippen molar-refractivity contribution in [2.45, 2.75) is 52.2 Å². The molecule has 0 rings (SSSR count). The molecule has 0 saturated heterocycles. The monoisotopic (exact) mass is 330 g/mol. The van der Waals surface area contributed by atoms with Crippen LogP contribution < -0.4 is 21.7 Å². The predicted octanol–water partition coefficient (Wildman–Crippen LogP) is -1.43. The van der Waals surface area contributed by atoms with E-state index in [1.807, 2.05) is 13.8 Å². The van der Waals surface area contributed by atoms with Crippen molar-refractivity contribution < 1.29 is 24.3 Å². The van der Waals surface area contributed by atoms with Gasteiger partial charge in [-0.05, 0) is 26.2 Å². The fourth-order valence-corrected chi connectivity index (χ4v) is 1.72. The van der Waals surface area contributed by atoms with Crippen LogP contribution in [0.2, 0.25) is 0 Å². The Balaban J connectivity index is 4.36. The fourth-order valence-electron chi connectivity index (χ4n) is 1.72. The van der Waals surface area contributed by atoms with Gasteiger partial charge in [0.2, 0.25) is 17.7 Å². The van der Waals surface area contributed by atoms with E-state index >= 15 is 0 Å². The summed E-state index contributed by atoms with van der Waals surface area (Å²) in [5.74, 6) is -2.57. The maximum absolute atomic E-state index is 11.9. The van der Waals surface area contributed by atoms with E-state index in [9.17, 15) is 19.2 Å². The molecule has 3 amide bonds. The predicted molar refractivity (Wildman–Crippen MR) is 83.3 cm³/mol. The SMILES string of the molecule is CC(C)C[C@H](N)C(=O)N[C@@H](C)C(=O)N[C@@H](C)C(=O)NCC(=O)O. The minimum absolute atomic E-state index is 0.248. The maximum Gasteiger partial charge on any atom is 0.322 e. The van der Waals surface area contributed by atoms with Crippen LogP contribution in [0.3, 0.4) is 0 Å². The molecule has 9 heteroatoms. The second-order valence-corrected chi connectivity index (χ2v) is 5.81. The smallest absolute Gasteiger partial charge is 0.322 e. The third-order valence-corrected chi connectivity index (χ3v) is 2.98. The van der Waals surface area contributed by atoms with Gasteiger partial charge in [-0.15, -0.1) is 0 Å². The lowest BCUT2D eigenvalue weighted by molar-refractivity contribution is -0.138. The molecule has 0 aromatic heterocycles. The molecule has 0 aromatic rings. The summed E-state index contributed by atoms with van der Waals surface area (Å²) in [7, 11) is 0. The number of rotatable bonds is 9. The Hall–Kier alpha value is -2.16. The van der Waals surface area contributed by atoms with E-state index in [1.165, 1.54) is 13.8 Å². The Kier molecular flexibility index (Phi) is 8.86. The molecule has 0 fully saturated rings. The number of nitrogens with one attached hydrogen (secondary N) is 3. The molecule has 23 heavy (non-hydrogen) atoms. The molecule has 132 valence electrons. The fraction of sp³-hybridized carbons (Fsp3) is 0.714. The molecule has 0 radical (unpaired) electrons. The second-order valence-electron chi connectivity index (χ2n) is 5.81. The minimum atomic E-state index is -1.18. The number of carbonyl (C=O) groups is 4. The lowest BCUT2D eigenvalue weighted by Gasteiger charge is -2.20. The van der Waals surface area contributed by atoms with Crippen molar-refractivity contribution in [3.63, 3.8) is 0 Å². The van der Waals surface area contributed by atoms with Gasteiger partial charge in [-0.25, -0.2) is 0 Å². The largest absolute Gasteiger partial charge is 0.480 e. The number of aliphatic carboxylic acids is 1. The summed E-state index contributed by atoms with van der Waals surface area (Å²) in [5.41, 5.74) is 5.72. The van der Waals surface area contributed by atoms with Gasteiger partial charge in [0.05, 0.1) is 6.04 Å². The van der Waals surface area contributed by atoms with Crippen LogP contribution in [-0.2, 0) is 19.2 Å². The zero-order valence-corrected chi connectivity index (χ0v) is 13.9. The average molecular weight is 330 g/mol. The van der Waals surface area contributed by atoms with Gasteiger partial charge in [-0.1, -0.05) is 13.8 Å². The maximum atomic E-state index is 11.9. The summed E-state index contributed by atoms with van der Waals surface area (Å²) in [5, 5.41) is 15.5. The van der Waals surface area contributed by atoms with Crippen molar-refractivity contribution in [1.82, 2.24) is 16.0 Å². The van der Waals surface area contributed by atoms with Crippen LogP contribution in [0.4, 0.5) is 0 Å². The molecule has 6 N–H and O–H groups in total. The summed E-state index contributed by atoms with van der Waals surface area (Å²) in [6.07, 6.45) is 0.494. The van der Waals surface area contributed by atoms with Crippen LogP contribution in [0.5, 0.6) is 0 Å². The Morgan fingerprint density at radius 2 is 1.39 bits per heavy atom. The van der Waals surface area contributed by atoms with E-state index in [4.69, 9.17) is 10.8 Å². The standard InChI is InChI=1S/C14H26N4O5/c1-7(2)5-10(15)14(23)18-9(4)13(22)17-8(3)12(21)16-6-11(19)20/h7-10H,5-6,15H2,1-4H3,(H,16,21)(H,17,22)(H,18,23)(H,19,20)/t8-,9-,10-/m0/s1. The molecule has 0 aromatic carbocycles. The minimum Gasteiger partial charge on any atom is -0.480 e. The molecular formula is C14H26N4O5. The molecule has 0 spiro atoms.